The summed E-state index contributed by atoms with van der Waals surface area (Å²) in [7, 11) is 2.77. The number of ether oxygens (including phenoxy) is 2. The minimum absolute atomic E-state index is 0.171. The van der Waals surface area contributed by atoms with E-state index in [0.717, 1.165) is 70.6 Å². The zero-order valence-corrected chi connectivity index (χ0v) is 27.0. The number of carbonyl (C=O) groups is 6. The van der Waals surface area contributed by atoms with Crippen molar-refractivity contribution in [3.63, 3.8) is 0 Å². The van der Waals surface area contributed by atoms with Gasteiger partial charge in [0.1, 0.15) is 0 Å². The number of unbranched alkanes of at least 4 members (excludes halogenated alkanes) is 10. The average Bonchev–Trinajstić information content (AvgIpc) is 3.05. The van der Waals surface area contributed by atoms with Crippen LogP contribution < -0.4 is 10.6 Å². The molecule has 46 heavy (non-hydrogen) atoms. The van der Waals surface area contributed by atoms with Crippen molar-refractivity contribution in [2.75, 3.05) is 24.9 Å². The van der Waals surface area contributed by atoms with Crippen molar-refractivity contribution in [3.05, 3.63) is 47.5 Å². The minimum Gasteiger partial charge on any atom is -0.469 e. The molecule has 0 saturated heterocycles. The smallest absolute Gasteiger partial charge is 0.305 e. The van der Waals surface area contributed by atoms with E-state index >= 15 is 0 Å². The number of esters is 2. The first-order valence-corrected chi connectivity index (χ1v) is 16.3. The predicted octanol–water partition coefficient (Wildman–Crippen LogP) is 7.20. The summed E-state index contributed by atoms with van der Waals surface area (Å²) in [6.45, 7) is 0. The summed E-state index contributed by atoms with van der Waals surface area (Å²) in [5.41, 5.74) is 2.37. The van der Waals surface area contributed by atoms with Gasteiger partial charge in [0, 0.05) is 53.7 Å². The van der Waals surface area contributed by atoms with Crippen molar-refractivity contribution in [1.29, 1.82) is 0 Å². The lowest BCUT2D eigenvalue weighted by atomic mass is 9.82. The molecule has 0 atom stereocenters. The Morgan fingerprint density at radius 2 is 1.02 bits per heavy atom. The van der Waals surface area contributed by atoms with E-state index < -0.39 is 11.6 Å². The third kappa shape index (κ3) is 11.2. The molecule has 2 aromatic rings. The molecule has 0 spiro atoms. The Labute approximate surface area is 271 Å². The fraction of sp³-hybridized carbons (Fsp3) is 0.500. The maximum absolute atomic E-state index is 13.0. The molecule has 0 radical (unpaired) electrons. The van der Waals surface area contributed by atoms with E-state index in [1.807, 2.05) is 0 Å². The molecule has 2 N–H and O–H groups in total. The van der Waals surface area contributed by atoms with Crippen LogP contribution in [-0.4, -0.2) is 49.5 Å². The second-order valence-electron chi connectivity index (χ2n) is 11.6. The topological polar surface area (TPSA) is 145 Å². The van der Waals surface area contributed by atoms with E-state index in [2.05, 4.69) is 20.1 Å². The molecule has 0 bridgehead atoms. The molecular weight excluding hydrogens is 588 g/mol. The second kappa shape index (κ2) is 19.2. The molecule has 0 aromatic heterocycles. The fourth-order valence-electron chi connectivity index (χ4n) is 5.57. The van der Waals surface area contributed by atoms with E-state index in [-0.39, 0.29) is 34.9 Å². The predicted molar refractivity (Wildman–Crippen MR) is 176 cm³/mol. The Kier molecular flexibility index (Phi) is 15.1. The normalized spacial score (nSPS) is 11.8. The van der Waals surface area contributed by atoms with E-state index in [4.69, 9.17) is 0 Å². The molecule has 2 amide bonds. The highest BCUT2D eigenvalue weighted by Gasteiger charge is 2.32. The second-order valence-corrected chi connectivity index (χ2v) is 11.6. The molecule has 1 aliphatic rings. The lowest BCUT2D eigenvalue weighted by Gasteiger charge is -2.22. The molecule has 0 fully saturated rings. The van der Waals surface area contributed by atoms with E-state index in [9.17, 15) is 28.8 Å². The molecule has 248 valence electrons. The quantitative estimate of drug-likeness (QED) is 0.0884. The maximum atomic E-state index is 13.0. The largest absolute Gasteiger partial charge is 0.469 e. The van der Waals surface area contributed by atoms with E-state index in [1.54, 1.807) is 30.3 Å². The number of anilines is 2. The van der Waals surface area contributed by atoms with E-state index in [1.165, 1.54) is 20.3 Å². The van der Waals surface area contributed by atoms with Gasteiger partial charge in [0.15, 0.2) is 0 Å². The monoisotopic (exact) mass is 634 g/mol. The number of amides is 2. The van der Waals surface area contributed by atoms with Gasteiger partial charge >= 0.3 is 11.9 Å². The van der Waals surface area contributed by atoms with Crippen molar-refractivity contribution < 1.29 is 38.2 Å². The Hall–Kier alpha value is -4.34. The summed E-state index contributed by atoms with van der Waals surface area (Å²) in [6, 6.07) is 9.90. The van der Waals surface area contributed by atoms with Gasteiger partial charge in [0.25, 0.3) is 0 Å². The number of hydrogen-bond acceptors (Lipinski definition) is 8. The summed E-state index contributed by atoms with van der Waals surface area (Å²) in [4.78, 5) is 73.8. The van der Waals surface area contributed by atoms with E-state index in [0.29, 0.717) is 54.6 Å². The molecule has 0 heterocycles. The lowest BCUT2D eigenvalue weighted by Crippen LogP contribution is -2.23. The highest BCUT2D eigenvalue weighted by Crippen LogP contribution is 2.40. The summed E-state index contributed by atoms with van der Waals surface area (Å²) in [5, 5.41) is 5.77. The molecule has 3 rings (SSSR count). The molecule has 0 unspecified atom stereocenters. The fourth-order valence-corrected chi connectivity index (χ4v) is 5.57. The number of methoxy groups -OCH3 is 2. The summed E-state index contributed by atoms with van der Waals surface area (Å²) >= 11 is 0. The van der Waals surface area contributed by atoms with Gasteiger partial charge in [0.05, 0.1) is 14.2 Å². The first kappa shape index (κ1) is 36.1. The van der Waals surface area contributed by atoms with Gasteiger partial charge in [-0.3, -0.25) is 28.8 Å². The molecule has 1 aliphatic carbocycles. The van der Waals surface area contributed by atoms with Gasteiger partial charge in [-0.25, -0.2) is 0 Å². The van der Waals surface area contributed by atoms with Crippen LogP contribution >= 0.6 is 0 Å². The Bertz CT molecular complexity index is 1390. The Morgan fingerprint density at radius 3 is 1.57 bits per heavy atom. The minimum atomic E-state index is -0.652. The molecular formula is C36H46N2O8. The third-order valence-corrected chi connectivity index (χ3v) is 8.13. The number of rotatable bonds is 20. The van der Waals surface area contributed by atoms with Crippen LogP contribution in [0.15, 0.2) is 36.4 Å². The van der Waals surface area contributed by atoms with Crippen LogP contribution in [0.3, 0.4) is 0 Å². The van der Waals surface area contributed by atoms with Gasteiger partial charge in [-0.1, -0.05) is 69.6 Å². The van der Waals surface area contributed by atoms with Crippen LogP contribution in [0.5, 0.6) is 0 Å². The Balaban J connectivity index is 1.51. The van der Waals surface area contributed by atoms with Crippen LogP contribution in [0.1, 0.15) is 123 Å². The van der Waals surface area contributed by atoms with Crippen LogP contribution in [-0.2, 0) is 28.7 Å². The number of nitrogens with one attached hydrogen (secondary N) is 2. The van der Waals surface area contributed by atoms with Crippen molar-refractivity contribution >= 4 is 46.7 Å². The number of Topliss-reactive ketones (excluding diaryl/α,β-unsaturated/α-hetero) is 2. The maximum Gasteiger partial charge on any atom is 0.305 e. The zero-order chi connectivity index (χ0) is 33.3. The SMILES string of the molecule is COC(=O)CCCCCCCCC(=O)Nc1ccc2c(c1)C(=O)C(=O)c1cccc(NC(=O)CCCCCCCCC(=O)OC)c1-2. The van der Waals surface area contributed by atoms with Crippen molar-refractivity contribution in [3.8, 4) is 11.1 Å². The van der Waals surface area contributed by atoms with Gasteiger partial charge < -0.3 is 20.1 Å². The number of carbonyl (C=O) groups excluding carboxylic acids is 6. The summed E-state index contributed by atoms with van der Waals surface area (Å²) in [5.74, 6) is -2.03. The molecule has 0 saturated carbocycles. The van der Waals surface area contributed by atoms with Gasteiger partial charge in [-0.15, -0.1) is 0 Å². The molecule has 10 heteroatoms. The number of benzene rings is 2. The first-order valence-electron chi connectivity index (χ1n) is 16.3. The zero-order valence-electron chi connectivity index (χ0n) is 27.0. The highest BCUT2D eigenvalue weighted by molar-refractivity contribution is 6.53. The average molecular weight is 635 g/mol. The Morgan fingerprint density at radius 1 is 0.543 bits per heavy atom. The van der Waals surface area contributed by atoms with Crippen molar-refractivity contribution in [1.82, 2.24) is 0 Å². The summed E-state index contributed by atoms with van der Waals surface area (Å²) < 4.78 is 9.28. The van der Waals surface area contributed by atoms with Gasteiger partial charge in [-0.2, -0.15) is 0 Å². The highest BCUT2D eigenvalue weighted by atomic mass is 16.5. The van der Waals surface area contributed by atoms with Gasteiger partial charge in [-0.05, 0) is 49.4 Å². The number of fused-ring (bicyclic) bond motifs is 3. The van der Waals surface area contributed by atoms with Gasteiger partial charge in [0.2, 0.25) is 23.4 Å². The van der Waals surface area contributed by atoms with Crippen LogP contribution in [0.2, 0.25) is 0 Å². The van der Waals surface area contributed by atoms with Crippen LogP contribution in [0.25, 0.3) is 11.1 Å². The van der Waals surface area contributed by atoms with Crippen LogP contribution in [0.4, 0.5) is 11.4 Å². The third-order valence-electron chi connectivity index (χ3n) is 8.13. The summed E-state index contributed by atoms with van der Waals surface area (Å²) in [6.07, 6.45) is 12.1. The molecule has 10 nitrogen and oxygen atoms in total. The van der Waals surface area contributed by atoms with Crippen molar-refractivity contribution in [2.24, 2.45) is 0 Å². The number of hydrogen-bond donors (Lipinski definition) is 2. The van der Waals surface area contributed by atoms with Crippen LogP contribution in [0, 0.1) is 0 Å². The molecule has 0 aliphatic heterocycles. The lowest BCUT2D eigenvalue weighted by molar-refractivity contribution is -0.141. The van der Waals surface area contributed by atoms with Crippen molar-refractivity contribution in [2.45, 2.75) is 103 Å². The standard InChI is InChI=1S/C36H46N2O8/c1-45-32(41)20-13-9-5-3-7-11-18-30(39)37-25-22-23-26-28(24-25)36(44)35(43)27-16-15-17-29(34(26)27)38-31(40)19-12-8-4-6-10-14-21-33(42)46-2/h15-17,22-24H,3-14,18-21H2,1-2H3,(H,37,39)(H,38,40). The number of ketones is 2. The molecule has 2 aromatic carbocycles. The first-order chi connectivity index (χ1) is 22.2.